The van der Waals surface area contributed by atoms with E-state index in [1.807, 2.05) is 0 Å². The standard InChI is InChI=1S/C14H28N2/c1-13(12-14-8-4-5-9-15-14)16-10-6-2-3-7-11-16/h13-15H,2-12H2,1H3. The van der Waals surface area contributed by atoms with Crippen LogP contribution in [0.25, 0.3) is 0 Å². The molecule has 0 amide bonds. The Balaban J connectivity index is 1.74. The van der Waals surface area contributed by atoms with Crippen LogP contribution in [0.5, 0.6) is 0 Å². The predicted octanol–water partition coefficient (Wildman–Crippen LogP) is 2.78. The zero-order valence-corrected chi connectivity index (χ0v) is 10.9. The molecule has 0 saturated carbocycles. The Bertz CT molecular complexity index is 179. The number of rotatable bonds is 3. The Hall–Kier alpha value is -0.0800. The highest BCUT2D eigenvalue weighted by Gasteiger charge is 2.20. The first-order chi connectivity index (χ1) is 7.86. The molecule has 0 radical (unpaired) electrons. The molecule has 0 bridgehead atoms. The van der Waals surface area contributed by atoms with Crippen LogP contribution in [0.1, 0.15) is 58.3 Å². The lowest BCUT2D eigenvalue weighted by Gasteiger charge is -2.32. The fraction of sp³-hybridized carbons (Fsp3) is 1.00. The quantitative estimate of drug-likeness (QED) is 0.793. The molecule has 2 saturated heterocycles. The first kappa shape index (κ1) is 12.4. The smallest absolute Gasteiger partial charge is 0.00818 e. The van der Waals surface area contributed by atoms with Crippen molar-refractivity contribution in [1.82, 2.24) is 10.2 Å². The average molecular weight is 224 g/mol. The summed E-state index contributed by atoms with van der Waals surface area (Å²) < 4.78 is 0. The summed E-state index contributed by atoms with van der Waals surface area (Å²) in [6.45, 7) is 6.36. The van der Waals surface area contributed by atoms with Gasteiger partial charge in [0.15, 0.2) is 0 Å². The number of hydrogen-bond donors (Lipinski definition) is 1. The van der Waals surface area contributed by atoms with Gasteiger partial charge in [-0.05, 0) is 58.7 Å². The fourth-order valence-corrected chi connectivity index (χ4v) is 3.22. The summed E-state index contributed by atoms with van der Waals surface area (Å²) in [5.74, 6) is 0. The predicted molar refractivity (Wildman–Crippen MR) is 69.8 cm³/mol. The number of hydrogen-bond acceptors (Lipinski definition) is 2. The second-order valence-corrected chi connectivity index (χ2v) is 5.68. The lowest BCUT2D eigenvalue weighted by Crippen LogP contribution is -2.42. The molecule has 0 spiro atoms. The van der Waals surface area contributed by atoms with E-state index < -0.39 is 0 Å². The van der Waals surface area contributed by atoms with Gasteiger partial charge in [-0.25, -0.2) is 0 Å². The van der Waals surface area contributed by atoms with Crippen LogP contribution in [0.3, 0.4) is 0 Å². The molecule has 2 aliphatic rings. The van der Waals surface area contributed by atoms with Gasteiger partial charge in [0.2, 0.25) is 0 Å². The number of likely N-dealkylation sites (tertiary alicyclic amines) is 1. The average Bonchev–Trinajstić information content (AvgIpc) is 2.59. The molecule has 0 aromatic rings. The summed E-state index contributed by atoms with van der Waals surface area (Å²) >= 11 is 0. The van der Waals surface area contributed by atoms with Crippen LogP contribution < -0.4 is 5.32 Å². The summed E-state index contributed by atoms with van der Waals surface area (Å²) in [7, 11) is 0. The maximum absolute atomic E-state index is 3.68. The Kier molecular flexibility index (Phi) is 5.11. The van der Waals surface area contributed by atoms with Gasteiger partial charge in [-0.1, -0.05) is 19.3 Å². The molecule has 2 fully saturated rings. The Labute approximate surface area is 101 Å². The molecule has 2 atom stereocenters. The van der Waals surface area contributed by atoms with E-state index in [1.165, 1.54) is 71.0 Å². The Morgan fingerprint density at radius 2 is 1.81 bits per heavy atom. The minimum Gasteiger partial charge on any atom is -0.314 e. The molecule has 2 nitrogen and oxygen atoms in total. The minimum atomic E-state index is 0.786. The van der Waals surface area contributed by atoms with Gasteiger partial charge in [-0.15, -0.1) is 0 Å². The molecule has 0 aromatic carbocycles. The summed E-state index contributed by atoms with van der Waals surface area (Å²) in [6.07, 6.45) is 11.3. The molecule has 2 unspecified atom stereocenters. The largest absolute Gasteiger partial charge is 0.314 e. The first-order valence-electron chi connectivity index (χ1n) is 7.33. The maximum atomic E-state index is 3.68. The highest BCUT2D eigenvalue weighted by atomic mass is 15.2. The van der Waals surface area contributed by atoms with E-state index in [4.69, 9.17) is 0 Å². The van der Waals surface area contributed by atoms with E-state index in [2.05, 4.69) is 17.1 Å². The molecule has 16 heavy (non-hydrogen) atoms. The van der Waals surface area contributed by atoms with Crippen LogP contribution in [0.15, 0.2) is 0 Å². The van der Waals surface area contributed by atoms with Crippen molar-refractivity contribution in [2.75, 3.05) is 19.6 Å². The molecule has 2 heteroatoms. The molecule has 0 aromatic heterocycles. The first-order valence-corrected chi connectivity index (χ1v) is 7.33. The minimum absolute atomic E-state index is 0.786. The second kappa shape index (κ2) is 6.61. The van der Waals surface area contributed by atoms with Gasteiger partial charge in [-0.2, -0.15) is 0 Å². The van der Waals surface area contributed by atoms with Gasteiger partial charge in [0, 0.05) is 12.1 Å². The number of nitrogens with zero attached hydrogens (tertiary/aromatic N) is 1. The normalized spacial score (nSPS) is 30.9. The fourth-order valence-electron chi connectivity index (χ4n) is 3.22. The van der Waals surface area contributed by atoms with Crippen molar-refractivity contribution in [2.45, 2.75) is 70.4 Å². The van der Waals surface area contributed by atoms with Crippen LogP contribution in [0.4, 0.5) is 0 Å². The zero-order chi connectivity index (χ0) is 11.2. The lowest BCUT2D eigenvalue weighted by molar-refractivity contribution is 0.185. The molecular formula is C14H28N2. The molecule has 0 aliphatic carbocycles. The lowest BCUT2D eigenvalue weighted by atomic mass is 9.98. The van der Waals surface area contributed by atoms with Crippen molar-refractivity contribution in [2.24, 2.45) is 0 Å². The van der Waals surface area contributed by atoms with Crippen molar-refractivity contribution >= 4 is 0 Å². The second-order valence-electron chi connectivity index (χ2n) is 5.68. The Morgan fingerprint density at radius 3 is 2.44 bits per heavy atom. The van der Waals surface area contributed by atoms with Gasteiger partial charge in [-0.3, -0.25) is 0 Å². The van der Waals surface area contributed by atoms with Gasteiger partial charge >= 0.3 is 0 Å². The third-order valence-electron chi connectivity index (χ3n) is 4.30. The van der Waals surface area contributed by atoms with Gasteiger partial charge in [0.25, 0.3) is 0 Å². The van der Waals surface area contributed by atoms with Crippen molar-refractivity contribution in [3.63, 3.8) is 0 Å². The van der Waals surface area contributed by atoms with E-state index in [0.717, 1.165) is 12.1 Å². The van der Waals surface area contributed by atoms with E-state index in [-0.39, 0.29) is 0 Å². The Morgan fingerprint density at radius 1 is 1.06 bits per heavy atom. The topological polar surface area (TPSA) is 15.3 Å². The van der Waals surface area contributed by atoms with Crippen molar-refractivity contribution in [1.29, 1.82) is 0 Å². The van der Waals surface area contributed by atoms with E-state index >= 15 is 0 Å². The molecule has 94 valence electrons. The van der Waals surface area contributed by atoms with Crippen LogP contribution in [0, 0.1) is 0 Å². The third-order valence-corrected chi connectivity index (χ3v) is 4.30. The number of piperidine rings is 1. The molecule has 2 aliphatic heterocycles. The van der Waals surface area contributed by atoms with E-state index in [0.29, 0.717) is 0 Å². The highest BCUT2D eigenvalue weighted by molar-refractivity contribution is 4.79. The molecular weight excluding hydrogens is 196 g/mol. The summed E-state index contributed by atoms with van der Waals surface area (Å²) in [5, 5.41) is 3.68. The molecule has 2 heterocycles. The molecule has 1 N–H and O–H groups in total. The van der Waals surface area contributed by atoms with Crippen molar-refractivity contribution in [3.05, 3.63) is 0 Å². The van der Waals surface area contributed by atoms with Gasteiger partial charge in [0.05, 0.1) is 0 Å². The van der Waals surface area contributed by atoms with Crippen LogP contribution in [-0.2, 0) is 0 Å². The van der Waals surface area contributed by atoms with Crippen LogP contribution in [-0.4, -0.2) is 36.6 Å². The maximum Gasteiger partial charge on any atom is 0.00818 e. The number of nitrogens with one attached hydrogen (secondary N) is 1. The third kappa shape index (κ3) is 3.74. The van der Waals surface area contributed by atoms with E-state index in [1.54, 1.807) is 0 Å². The van der Waals surface area contributed by atoms with E-state index in [9.17, 15) is 0 Å². The van der Waals surface area contributed by atoms with Crippen LogP contribution in [0.2, 0.25) is 0 Å². The van der Waals surface area contributed by atoms with Gasteiger partial charge in [0.1, 0.15) is 0 Å². The van der Waals surface area contributed by atoms with Gasteiger partial charge < -0.3 is 10.2 Å². The van der Waals surface area contributed by atoms with Crippen molar-refractivity contribution < 1.29 is 0 Å². The SMILES string of the molecule is CC(CC1CCCCN1)N1CCCCCC1. The van der Waals surface area contributed by atoms with Crippen LogP contribution >= 0.6 is 0 Å². The monoisotopic (exact) mass is 224 g/mol. The van der Waals surface area contributed by atoms with Crippen molar-refractivity contribution in [3.8, 4) is 0 Å². The summed E-state index contributed by atoms with van der Waals surface area (Å²) in [4.78, 5) is 2.73. The summed E-state index contributed by atoms with van der Waals surface area (Å²) in [5.41, 5.74) is 0. The summed E-state index contributed by atoms with van der Waals surface area (Å²) in [6, 6.07) is 1.58. The molecule has 2 rings (SSSR count). The zero-order valence-electron chi connectivity index (χ0n) is 10.9. The highest BCUT2D eigenvalue weighted by Crippen LogP contribution is 2.18.